The van der Waals surface area contributed by atoms with Crippen molar-refractivity contribution < 1.29 is 14.3 Å². The summed E-state index contributed by atoms with van der Waals surface area (Å²) < 4.78 is 11.0. The van der Waals surface area contributed by atoms with E-state index in [2.05, 4.69) is 11.9 Å². The molecule has 5 nitrogen and oxygen atoms in total. The van der Waals surface area contributed by atoms with E-state index < -0.39 is 0 Å². The Hall–Kier alpha value is -1.62. The zero-order chi connectivity index (χ0) is 15.7. The van der Waals surface area contributed by atoms with Crippen LogP contribution in [0.2, 0.25) is 0 Å². The number of carbonyl (C=O) groups is 1. The first-order valence-electron chi connectivity index (χ1n) is 7.90. The topological polar surface area (TPSA) is 51.7 Å². The normalized spacial score (nSPS) is 25.0. The van der Waals surface area contributed by atoms with Crippen LogP contribution in [0.5, 0.6) is 5.88 Å². The van der Waals surface area contributed by atoms with Gasteiger partial charge in [0.15, 0.2) is 0 Å². The number of pyridine rings is 1. The second-order valence-corrected chi connectivity index (χ2v) is 6.62. The minimum atomic E-state index is 0.160. The number of aryl methyl sites for hydroxylation is 2. The number of hydrogen-bond donors (Lipinski definition) is 0. The minimum absolute atomic E-state index is 0.160. The summed E-state index contributed by atoms with van der Waals surface area (Å²) in [6.07, 6.45) is 2.62. The van der Waals surface area contributed by atoms with Gasteiger partial charge in [-0.2, -0.15) is 0 Å². The maximum Gasteiger partial charge on any atom is 0.222 e. The Labute approximate surface area is 131 Å². The SMILES string of the molecule is COc1nc(C)cc(C)c1CN1CC2(CCOC2)CCC1=O. The first-order valence-corrected chi connectivity index (χ1v) is 7.90. The van der Waals surface area contributed by atoms with Crippen LogP contribution in [0.1, 0.15) is 36.1 Å². The Balaban J connectivity index is 1.84. The number of rotatable bonds is 3. The fourth-order valence-electron chi connectivity index (χ4n) is 3.60. The van der Waals surface area contributed by atoms with Crippen molar-refractivity contribution in [3.05, 3.63) is 22.9 Å². The summed E-state index contributed by atoms with van der Waals surface area (Å²) in [4.78, 5) is 18.7. The van der Waals surface area contributed by atoms with Crippen molar-refractivity contribution in [1.29, 1.82) is 0 Å². The summed E-state index contributed by atoms with van der Waals surface area (Å²) in [6.45, 7) is 6.95. The molecule has 2 fully saturated rings. The van der Waals surface area contributed by atoms with E-state index >= 15 is 0 Å². The van der Waals surface area contributed by atoms with Crippen molar-refractivity contribution in [2.75, 3.05) is 26.9 Å². The first kappa shape index (κ1) is 15.3. The predicted octanol–water partition coefficient (Wildman–Crippen LogP) is 2.24. The monoisotopic (exact) mass is 304 g/mol. The van der Waals surface area contributed by atoms with E-state index in [0.29, 0.717) is 18.8 Å². The van der Waals surface area contributed by atoms with Gasteiger partial charge in [0.2, 0.25) is 11.8 Å². The molecule has 0 bridgehead atoms. The Bertz CT molecular complexity index is 580. The highest BCUT2D eigenvalue weighted by Crippen LogP contribution is 2.39. The van der Waals surface area contributed by atoms with E-state index in [1.54, 1.807) is 7.11 Å². The number of methoxy groups -OCH3 is 1. The van der Waals surface area contributed by atoms with Gasteiger partial charge >= 0.3 is 0 Å². The van der Waals surface area contributed by atoms with Gasteiger partial charge in [0, 0.05) is 36.2 Å². The third-order valence-electron chi connectivity index (χ3n) is 4.91. The Morgan fingerprint density at radius 1 is 1.41 bits per heavy atom. The second-order valence-electron chi connectivity index (χ2n) is 6.62. The Kier molecular flexibility index (Phi) is 4.08. The molecular weight excluding hydrogens is 280 g/mol. The zero-order valence-electron chi connectivity index (χ0n) is 13.6. The smallest absolute Gasteiger partial charge is 0.222 e. The van der Waals surface area contributed by atoms with E-state index in [0.717, 1.165) is 49.4 Å². The number of piperidine rings is 1. The molecule has 22 heavy (non-hydrogen) atoms. The maximum absolute atomic E-state index is 12.3. The molecule has 5 heteroatoms. The van der Waals surface area contributed by atoms with Crippen molar-refractivity contribution in [1.82, 2.24) is 9.88 Å². The van der Waals surface area contributed by atoms with Crippen LogP contribution in [0.4, 0.5) is 0 Å². The van der Waals surface area contributed by atoms with Crippen LogP contribution in [0, 0.1) is 19.3 Å². The summed E-state index contributed by atoms with van der Waals surface area (Å²) >= 11 is 0. The number of ether oxygens (including phenoxy) is 2. The number of nitrogens with zero attached hydrogens (tertiary/aromatic N) is 2. The third kappa shape index (κ3) is 2.82. The van der Waals surface area contributed by atoms with Gasteiger partial charge in [-0.25, -0.2) is 4.98 Å². The molecule has 0 saturated carbocycles. The molecule has 1 atom stereocenters. The lowest BCUT2D eigenvalue weighted by Crippen LogP contribution is -2.46. The standard InChI is InChI=1S/C17H24N2O3/c1-12-8-13(2)18-16(21-3)14(12)9-19-10-17(5-4-15(19)20)6-7-22-11-17/h8H,4-7,9-11H2,1-3H3. The molecule has 0 aromatic carbocycles. The quantitative estimate of drug-likeness (QED) is 0.859. The molecule has 2 saturated heterocycles. The van der Waals surface area contributed by atoms with Crippen LogP contribution in [-0.2, 0) is 16.1 Å². The highest BCUT2D eigenvalue weighted by molar-refractivity contribution is 5.77. The fraction of sp³-hybridized carbons (Fsp3) is 0.647. The number of likely N-dealkylation sites (tertiary alicyclic amines) is 1. The third-order valence-corrected chi connectivity index (χ3v) is 4.91. The van der Waals surface area contributed by atoms with E-state index in [-0.39, 0.29) is 11.3 Å². The largest absolute Gasteiger partial charge is 0.481 e. The molecule has 1 aromatic rings. The van der Waals surface area contributed by atoms with Crippen LogP contribution >= 0.6 is 0 Å². The lowest BCUT2D eigenvalue weighted by molar-refractivity contribution is -0.138. The molecule has 1 unspecified atom stereocenters. The highest BCUT2D eigenvalue weighted by atomic mass is 16.5. The summed E-state index contributed by atoms with van der Waals surface area (Å²) in [5.41, 5.74) is 3.23. The van der Waals surface area contributed by atoms with Crippen molar-refractivity contribution >= 4 is 5.91 Å². The number of aromatic nitrogens is 1. The first-order chi connectivity index (χ1) is 10.5. The molecule has 120 valence electrons. The highest BCUT2D eigenvalue weighted by Gasteiger charge is 2.41. The summed E-state index contributed by atoms with van der Waals surface area (Å²) in [6, 6.07) is 2.04. The van der Waals surface area contributed by atoms with Crippen molar-refractivity contribution in [3.8, 4) is 5.88 Å². The number of hydrogen-bond acceptors (Lipinski definition) is 4. The molecule has 1 spiro atoms. The number of carbonyl (C=O) groups excluding carboxylic acids is 1. The number of amides is 1. The van der Waals surface area contributed by atoms with Crippen LogP contribution in [0.25, 0.3) is 0 Å². The summed E-state index contributed by atoms with van der Waals surface area (Å²) in [5.74, 6) is 0.854. The zero-order valence-corrected chi connectivity index (χ0v) is 13.6. The fourth-order valence-corrected chi connectivity index (χ4v) is 3.60. The van der Waals surface area contributed by atoms with Crippen molar-refractivity contribution in [3.63, 3.8) is 0 Å². The van der Waals surface area contributed by atoms with E-state index in [4.69, 9.17) is 9.47 Å². The Morgan fingerprint density at radius 3 is 2.91 bits per heavy atom. The molecule has 2 aliphatic heterocycles. The average Bonchev–Trinajstić information content (AvgIpc) is 2.93. The van der Waals surface area contributed by atoms with Crippen LogP contribution in [0.15, 0.2) is 6.07 Å². The van der Waals surface area contributed by atoms with Crippen LogP contribution in [-0.4, -0.2) is 42.7 Å². The van der Waals surface area contributed by atoms with Gasteiger partial charge in [-0.05, 0) is 38.3 Å². The average molecular weight is 304 g/mol. The van der Waals surface area contributed by atoms with E-state index in [9.17, 15) is 4.79 Å². The van der Waals surface area contributed by atoms with Gasteiger partial charge < -0.3 is 14.4 Å². The van der Waals surface area contributed by atoms with E-state index in [1.807, 2.05) is 17.9 Å². The van der Waals surface area contributed by atoms with Gasteiger partial charge in [0.05, 0.1) is 20.3 Å². The van der Waals surface area contributed by atoms with E-state index in [1.165, 1.54) is 0 Å². The van der Waals surface area contributed by atoms with Crippen molar-refractivity contribution in [2.24, 2.45) is 5.41 Å². The van der Waals surface area contributed by atoms with Gasteiger partial charge in [-0.3, -0.25) is 4.79 Å². The van der Waals surface area contributed by atoms with Gasteiger partial charge in [-0.15, -0.1) is 0 Å². The lowest BCUT2D eigenvalue weighted by atomic mass is 9.79. The molecule has 1 aromatic heterocycles. The molecule has 2 aliphatic rings. The Morgan fingerprint density at radius 2 is 2.23 bits per heavy atom. The predicted molar refractivity (Wildman–Crippen MR) is 82.8 cm³/mol. The molecular formula is C17H24N2O3. The van der Waals surface area contributed by atoms with Gasteiger partial charge in [0.25, 0.3) is 0 Å². The maximum atomic E-state index is 12.3. The molecule has 1 amide bonds. The van der Waals surface area contributed by atoms with Crippen molar-refractivity contribution in [2.45, 2.75) is 39.7 Å². The van der Waals surface area contributed by atoms with Crippen LogP contribution in [0.3, 0.4) is 0 Å². The van der Waals surface area contributed by atoms with Crippen LogP contribution < -0.4 is 4.74 Å². The molecule has 3 rings (SSSR count). The summed E-state index contributed by atoms with van der Waals surface area (Å²) in [5, 5.41) is 0. The molecule has 0 aliphatic carbocycles. The lowest BCUT2D eigenvalue weighted by Gasteiger charge is -2.39. The minimum Gasteiger partial charge on any atom is -0.481 e. The van der Waals surface area contributed by atoms with Gasteiger partial charge in [0.1, 0.15) is 0 Å². The molecule has 0 radical (unpaired) electrons. The summed E-state index contributed by atoms with van der Waals surface area (Å²) in [7, 11) is 1.63. The molecule has 3 heterocycles. The van der Waals surface area contributed by atoms with Gasteiger partial charge in [-0.1, -0.05) is 0 Å². The molecule has 0 N–H and O–H groups in total. The second kappa shape index (κ2) is 5.88.